The van der Waals surface area contributed by atoms with Crippen molar-refractivity contribution in [2.75, 3.05) is 25.0 Å². The van der Waals surface area contributed by atoms with Gasteiger partial charge in [0.25, 0.3) is 0 Å². The highest BCUT2D eigenvalue weighted by molar-refractivity contribution is 5.91. The molecule has 1 fully saturated rings. The predicted molar refractivity (Wildman–Crippen MR) is 108 cm³/mol. The zero-order valence-corrected chi connectivity index (χ0v) is 16.1. The van der Waals surface area contributed by atoms with Gasteiger partial charge in [0.15, 0.2) is 0 Å². The molecule has 7 nitrogen and oxygen atoms in total. The first-order valence-corrected chi connectivity index (χ1v) is 9.42. The Balaban J connectivity index is 1.57. The molecule has 0 radical (unpaired) electrons. The van der Waals surface area contributed by atoms with E-state index in [0.29, 0.717) is 6.42 Å². The van der Waals surface area contributed by atoms with Gasteiger partial charge in [-0.15, -0.1) is 0 Å². The normalized spacial score (nSPS) is 13.9. The summed E-state index contributed by atoms with van der Waals surface area (Å²) in [4.78, 5) is 22.4. The first-order chi connectivity index (χ1) is 13.6. The standard InChI is InChI=1S/C21H22N6O/c1-14-12-15(5-6-17(14)23-8-11-27-9-3-4-19(27)28)20-16-7-10-26(2)21(16)25-18(13-22)24-20/h5-7,10,12,23H,3-4,8-9,11H2,1-2H3. The highest BCUT2D eigenvalue weighted by Gasteiger charge is 2.19. The molecule has 0 saturated carbocycles. The third-order valence-corrected chi connectivity index (χ3v) is 5.19. The van der Waals surface area contributed by atoms with Gasteiger partial charge in [0.05, 0.1) is 5.69 Å². The number of amides is 1. The van der Waals surface area contributed by atoms with Crippen LogP contribution in [0.2, 0.25) is 0 Å². The fraction of sp³-hybridized carbons (Fsp3) is 0.333. The van der Waals surface area contributed by atoms with E-state index in [-0.39, 0.29) is 11.7 Å². The number of aromatic nitrogens is 3. The van der Waals surface area contributed by atoms with Crippen LogP contribution in [0, 0.1) is 18.3 Å². The van der Waals surface area contributed by atoms with Gasteiger partial charge in [-0.05, 0) is 37.1 Å². The molecule has 3 heterocycles. The lowest BCUT2D eigenvalue weighted by molar-refractivity contribution is -0.127. The van der Waals surface area contributed by atoms with Crippen molar-refractivity contribution in [3.63, 3.8) is 0 Å². The van der Waals surface area contributed by atoms with Crippen molar-refractivity contribution in [2.24, 2.45) is 7.05 Å². The number of carbonyl (C=O) groups is 1. The molecule has 2 aromatic heterocycles. The lowest BCUT2D eigenvalue weighted by atomic mass is 10.0. The second-order valence-electron chi connectivity index (χ2n) is 7.11. The van der Waals surface area contributed by atoms with E-state index in [9.17, 15) is 10.1 Å². The summed E-state index contributed by atoms with van der Waals surface area (Å²) < 4.78 is 1.89. The van der Waals surface area contributed by atoms with E-state index in [0.717, 1.165) is 59.6 Å². The Morgan fingerprint density at radius 1 is 1.29 bits per heavy atom. The van der Waals surface area contributed by atoms with Gasteiger partial charge in [0, 0.05) is 55.9 Å². The van der Waals surface area contributed by atoms with E-state index in [1.807, 2.05) is 47.8 Å². The van der Waals surface area contributed by atoms with Gasteiger partial charge in [-0.1, -0.05) is 6.07 Å². The Kier molecular flexibility index (Phi) is 4.70. The minimum atomic E-state index is 0.166. The summed E-state index contributed by atoms with van der Waals surface area (Å²) in [6.45, 7) is 4.35. The third kappa shape index (κ3) is 3.29. The first kappa shape index (κ1) is 18.0. The van der Waals surface area contributed by atoms with Crippen LogP contribution in [0.25, 0.3) is 22.3 Å². The molecule has 3 aromatic rings. The number of fused-ring (bicyclic) bond motifs is 1. The van der Waals surface area contributed by atoms with Crippen molar-refractivity contribution in [1.82, 2.24) is 19.4 Å². The van der Waals surface area contributed by atoms with Crippen LogP contribution in [0.15, 0.2) is 30.5 Å². The molecule has 0 bridgehead atoms. The second kappa shape index (κ2) is 7.31. The van der Waals surface area contributed by atoms with Crippen LogP contribution in [0.3, 0.4) is 0 Å². The molecule has 0 aliphatic carbocycles. The number of carbonyl (C=O) groups excluding carboxylic acids is 1. The van der Waals surface area contributed by atoms with E-state index in [1.165, 1.54) is 0 Å². The summed E-state index contributed by atoms with van der Waals surface area (Å²) in [5, 5.41) is 13.6. The summed E-state index contributed by atoms with van der Waals surface area (Å²) >= 11 is 0. The molecule has 1 aliphatic rings. The Morgan fingerprint density at radius 2 is 2.14 bits per heavy atom. The van der Waals surface area contributed by atoms with E-state index in [4.69, 9.17) is 0 Å². The van der Waals surface area contributed by atoms with Gasteiger partial charge < -0.3 is 14.8 Å². The average Bonchev–Trinajstić information content (AvgIpc) is 3.28. The zero-order chi connectivity index (χ0) is 19.7. The van der Waals surface area contributed by atoms with Crippen LogP contribution in [-0.2, 0) is 11.8 Å². The monoisotopic (exact) mass is 374 g/mol. The number of aryl methyl sites for hydroxylation is 2. The van der Waals surface area contributed by atoms with E-state index >= 15 is 0 Å². The van der Waals surface area contributed by atoms with Gasteiger partial charge in [-0.2, -0.15) is 5.26 Å². The van der Waals surface area contributed by atoms with E-state index in [2.05, 4.69) is 27.4 Å². The summed E-state index contributed by atoms with van der Waals surface area (Å²) in [7, 11) is 1.91. The molecule has 0 spiro atoms. The number of nitrogens with zero attached hydrogens (tertiary/aromatic N) is 5. The number of nitriles is 1. The van der Waals surface area contributed by atoms with Crippen molar-refractivity contribution < 1.29 is 4.79 Å². The predicted octanol–water partition coefficient (Wildman–Crippen LogP) is 2.85. The highest BCUT2D eigenvalue weighted by Crippen LogP contribution is 2.29. The lowest BCUT2D eigenvalue weighted by Gasteiger charge is -2.17. The van der Waals surface area contributed by atoms with Gasteiger partial charge in [-0.25, -0.2) is 9.97 Å². The quantitative estimate of drug-likeness (QED) is 0.742. The second-order valence-corrected chi connectivity index (χ2v) is 7.11. The largest absolute Gasteiger partial charge is 0.383 e. The van der Waals surface area contributed by atoms with Crippen molar-refractivity contribution in [1.29, 1.82) is 5.26 Å². The number of hydrogen-bond donors (Lipinski definition) is 1. The van der Waals surface area contributed by atoms with Crippen molar-refractivity contribution in [3.05, 3.63) is 41.9 Å². The minimum absolute atomic E-state index is 0.166. The zero-order valence-electron chi connectivity index (χ0n) is 16.1. The molecule has 1 N–H and O–H groups in total. The Labute approximate surface area is 163 Å². The van der Waals surface area contributed by atoms with E-state index in [1.54, 1.807) is 0 Å². The van der Waals surface area contributed by atoms with E-state index < -0.39 is 0 Å². The maximum atomic E-state index is 11.7. The van der Waals surface area contributed by atoms with Gasteiger partial charge in [0.2, 0.25) is 11.7 Å². The number of benzene rings is 1. The fourth-order valence-corrected chi connectivity index (χ4v) is 3.68. The summed E-state index contributed by atoms with van der Waals surface area (Å²) in [5.41, 5.74) is 4.59. The summed E-state index contributed by atoms with van der Waals surface area (Å²) in [5.74, 6) is 0.414. The number of nitrogens with one attached hydrogen (secondary N) is 1. The topological polar surface area (TPSA) is 86.8 Å². The van der Waals surface area contributed by atoms with Crippen molar-refractivity contribution in [3.8, 4) is 17.3 Å². The lowest BCUT2D eigenvalue weighted by Crippen LogP contribution is -2.30. The maximum Gasteiger partial charge on any atom is 0.234 e. The molecule has 1 aromatic carbocycles. The maximum absolute atomic E-state index is 11.7. The van der Waals surface area contributed by atoms with Crippen LogP contribution < -0.4 is 5.32 Å². The molecule has 142 valence electrons. The first-order valence-electron chi connectivity index (χ1n) is 9.42. The Bertz CT molecular complexity index is 1090. The van der Waals surface area contributed by atoms with Crippen LogP contribution in [0.4, 0.5) is 5.69 Å². The molecular weight excluding hydrogens is 352 g/mol. The number of hydrogen-bond acceptors (Lipinski definition) is 5. The minimum Gasteiger partial charge on any atom is -0.383 e. The number of rotatable bonds is 5. The molecule has 0 atom stereocenters. The molecular formula is C21H22N6O. The van der Waals surface area contributed by atoms with Crippen LogP contribution in [0.5, 0.6) is 0 Å². The molecule has 0 unspecified atom stereocenters. The average molecular weight is 374 g/mol. The smallest absolute Gasteiger partial charge is 0.234 e. The Hall–Kier alpha value is -3.40. The van der Waals surface area contributed by atoms with Gasteiger partial charge >= 0.3 is 0 Å². The summed E-state index contributed by atoms with van der Waals surface area (Å²) in [6, 6.07) is 10.1. The molecule has 7 heteroatoms. The van der Waals surface area contributed by atoms with Crippen LogP contribution >= 0.6 is 0 Å². The van der Waals surface area contributed by atoms with Crippen LogP contribution in [0.1, 0.15) is 24.2 Å². The molecule has 1 amide bonds. The summed E-state index contributed by atoms with van der Waals surface area (Å²) in [6.07, 6.45) is 3.56. The third-order valence-electron chi connectivity index (χ3n) is 5.19. The number of likely N-dealkylation sites (tertiary alicyclic amines) is 1. The molecule has 1 aliphatic heterocycles. The van der Waals surface area contributed by atoms with Gasteiger partial charge in [0.1, 0.15) is 11.7 Å². The van der Waals surface area contributed by atoms with Crippen LogP contribution in [-0.4, -0.2) is 45.0 Å². The highest BCUT2D eigenvalue weighted by atomic mass is 16.2. The molecule has 28 heavy (non-hydrogen) atoms. The van der Waals surface area contributed by atoms with Gasteiger partial charge in [-0.3, -0.25) is 4.79 Å². The molecule has 4 rings (SSSR count). The fourth-order valence-electron chi connectivity index (χ4n) is 3.68. The SMILES string of the molecule is Cc1cc(-c2nc(C#N)nc3c2ccn3C)ccc1NCCN1CCCC1=O. The number of anilines is 1. The van der Waals surface area contributed by atoms with Crippen molar-refractivity contribution >= 4 is 22.6 Å². The Morgan fingerprint density at radius 3 is 2.86 bits per heavy atom. The van der Waals surface area contributed by atoms with Crippen molar-refractivity contribution in [2.45, 2.75) is 19.8 Å². The molecule has 1 saturated heterocycles.